The number of carbonyl (C=O) groups is 2. The van der Waals surface area contributed by atoms with E-state index in [2.05, 4.69) is 22.2 Å². The van der Waals surface area contributed by atoms with Gasteiger partial charge in [0.2, 0.25) is 11.8 Å². The van der Waals surface area contributed by atoms with E-state index in [0.717, 1.165) is 38.0 Å². The molecule has 0 radical (unpaired) electrons. The van der Waals surface area contributed by atoms with Crippen molar-refractivity contribution in [3.05, 3.63) is 29.8 Å². The molecular formula is C22H34N4O3. The summed E-state index contributed by atoms with van der Waals surface area (Å²) in [5.74, 6) is 0.522. The Kier molecular flexibility index (Phi) is 7.14. The van der Waals surface area contributed by atoms with Crippen LogP contribution in [-0.2, 0) is 16.1 Å². The van der Waals surface area contributed by atoms with E-state index in [1.54, 1.807) is 12.1 Å². The third-order valence-electron chi connectivity index (χ3n) is 6.48. The zero-order valence-electron chi connectivity index (χ0n) is 17.8. The number of phenols is 1. The van der Waals surface area contributed by atoms with Crippen LogP contribution in [0.3, 0.4) is 0 Å². The second-order valence-corrected chi connectivity index (χ2v) is 8.11. The summed E-state index contributed by atoms with van der Waals surface area (Å²) in [6.45, 7) is 7.62. The highest BCUT2D eigenvalue weighted by atomic mass is 16.3. The van der Waals surface area contributed by atoms with Crippen LogP contribution >= 0.6 is 0 Å². The molecule has 3 rings (SSSR count). The summed E-state index contributed by atoms with van der Waals surface area (Å²) >= 11 is 0. The van der Waals surface area contributed by atoms with E-state index in [1.165, 1.54) is 0 Å². The molecule has 0 aromatic heterocycles. The highest BCUT2D eigenvalue weighted by Crippen LogP contribution is 2.29. The van der Waals surface area contributed by atoms with E-state index >= 15 is 0 Å². The van der Waals surface area contributed by atoms with Crippen LogP contribution in [-0.4, -0.2) is 83.0 Å². The van der Waals surface area contributed by atoms with E-state index in [4.69, 9.17) is 0 Å². The molecule has 7 nitrogen and oxygen atoms in total. The van der Waals surface area contributed by atoms with Crippen molar-refractivity contribution in [2.45, 2.75) is 57.8 Å². The van der Waals surface area contributed by atoms with Gasteiger partial charge < -0.3 is 15.3 Å². The number of benzene rings is 1. The molecule has 2 saturated heterocycles. The Morgan fingerprint density at radius 1 is 1.24 bits per heavy atom. The van der Waals surface area contributed by atoms with Gasteiger partial charge in [-0.1, -0.05) is 12.1 Å². The maximum absolute atomic E-state index is 12.9. The Morgan fingerprint density at radius 2 is 1.93 bits per heavy atom. The first-order valence-electron chi connectivity index (χ1n) is 10.7. The molecule has 0 bridgehead atoms. The number of phenolic OH excluding ortho intramolecular Hbond substituents is 1. The Balaban J connectivity index is 1.64. The fourth-order valence-corrected chi connectivity index (χ4v) is 4.69. The van der Waals surface area contributed by atoms with Crippen LogP contribution in [0.4, 0.5) is 0 Å². The van der Waals surface area contributed by atoms with Gasteiger partial charge in [-0.25, -0.2) is 0 Å². The van der Waals surface area contributed by atoms with Crippen LogP contribution in [0.1, 0.15) is 38.7 Å². The zero-order valence-corrected chi connectivity index (χ0v) is 17.8. The van der Waals surface area contributed by atoms with E-state index in [-0.39, 0.29) is 35.7 Å². The molecule has 7 heteroatoms. The third-order valence-corrected chi connectivity index (χ3v) is 6.48. The van der Waals surface area contributed by atoms with Crippen LogP contribution in [0.15, 0.2) is 24.3 Å². The second-order valence-electron chi connectivity index (χ2n) is 8.11. The van der Waals surface area contributed by atoms with Crippen LogP contribution in [0.2, 0.25) is 0 Å². The van der Waals surface area contributed by atoms with Crippen molar-refractivity contribution in [1.82, 2.24) is 20.0 Å². The summed E-state index contributed by atoms with van der Waals surface area (Å²) in [5, 5.41) is 12.6. The molecule has 3 atom stereocenters. The number of nitrogens with one attached hydrogen (secondary N) is 1. The summed E-state index contributed by atoms with van der Waals surface area (Å²) in [4.78, 5) is 31.7. The molecule has 2 amide bonds. The van der Waals surface area contributed by atoms with Crippen LogP contribution in [0.25, 0.3) is 0 Å². The standard InChI is InChI=1S/C22H34N4O3/c1-4-25(5-2)20(28)11-8-17-14-23-22(29)21-19(24(17)3)12-13-26(21)15-16-6-9-18(27)10-7-16/h6-7,9-10,17,19,21,27H,4-5,8,11-15H2,1-3H3,(H,23,29)/t17-,19-,21-/m1/s1. The summed E-state index contributed by atoms with van der Waals surface area (Å²) in [6, 6.07) is 7.32. The Hall–Kier alpha value is -2.12. The largest absolute Gasteiger partial charge is 0.508 e. The Morgan fingerprint density at radius 3 is 2.59 bits per heavy atom. The van der Waals surface area contributed by atoms with E-state index in [0.29, 0.717) is 19.5 Å². The highest BCUT2D eigenvalue weighted by molar-refractivity contribution is 5.83. The quantitative estimate of drug-likeness (QED) is 0.721. The van der Waals surface area contributed by atoms with Gasteiger partial charge in [0.25, 0.3) is 0 Å². The Labute approximate surface area is 173 Å². The highest BCUT2D eigenvalue weighted by Gasteiger charge is 2.44. The molecule has 0 saturated carbocycles. The number of likely N-dealkylation sites (tertiary alicyclic amines) is 1. The van der Waals surface area contributed by atoms with Crippen LogP contribution in [0.5, 0.6) is 5.75 Å². The predicted molar refractivity (Wildman–Crippen MR) is 112 cm³/mol. The minimum Gasteiger partial charge on any atom is -0.508 e. The average Bonchev–Trinajstić information content (AvgIpc) is 3.08. The second kappa shape index (κ2) is 9.59. The van der Waals surface area contributed by atoms with Gasteiger partial charge in [0.15, 0.2) is 0 Å². The number of aromatic hydroxyl groups is 1. The first-order valence-corrected chi connectivity index (χ1v) is 10.7. The molecule has 2 aliphatic heterocycles. The van der Waals surface area contributed by atoms with Crippen molar-refractivity contribution in [2.24, 2.45) is 0 Å². The van der Waals surface area contributed by atoms with Gasteiger partial charge in [0, 0.05) is 51.2 Å². The average molecular weight is 403 g/mol. The predicted octanol–water partition coefficient (Wildman–Crippen LogP) is 1.41. The lowest BCUT2D eigenvalue weighted by molar-refractivity contribution is -0.131. The first kappa shape index (κ1) is 21.6. The lowest BCUT2D eigenvalue weighted by Crippen LogP contribution is -2.49. The molecule has 1 aromatic carbocycles. The molecule has 160 valence electrons. The van der Waals surface area contributed by atoms with E-state index in [1.807, 2.05) is 30.9 Å². The Bertz CT molecular complexity index is 705. The summed E-state index contributed by atoms with van der Waals surface area (Å²) < 4.78 is 0. The number of rotatable bonds is 7. The van der Waals surface area contributed by atoms with Gasteiger partial charge in [0.1, 0.15) is 11.8 Å². The number of hydrogen-bond donors (Lipinski definition) is 2. The molecule has 2 N–H and O–H groups in total. The van der Waals surface area contributed by atoms with Crippen molar-refractivity contribution in [3.63, 3.8) is 0 Å². The molecule has 0 aliphatic carbocycles. The fourth-order valence-electron chi connectivity index (χ4n) is 4.69. The number of carbonyl (C=O) groups excluding carboxylic acids is 2. The van der Waals surface area contributed by atoms with Gasteiger partial charge in [-0.3, -0.25) is 19.4 Å². The summed E-state index contributed by atoms with van der Waals surface area (Å²) in [5.41, 5.74) is 1.09. The number of fused-ring (bicyclic) bond motifs is 1. The maximum Gasteiger partial charge on any atom is 0.239 e. The molecule has 2 heterocycles. The zero-order chi connectivity index (χ0) is 21.0. The van der Waals surface area contributed by atoms with E-state index < -0.39 is 0 Å². The van der Waals surface area contributed by atoms with Crippen molar-refractivity contribution < 1.29 is 14.7 Å². The molecular weight excluding hydrogens is 368 g/mol. The summed E-state index contributed by atoms with van der Waals surface area (Å²) in [6.07, 6.45) is 2.21. The molecule has 0 spiro atoms. The maximum atomic E-state index is 12.9. The van der Waals surface area contributed by atoms with Crippen molar-refractivity contribution >= 4 is 11.8 Å². The van der Waals surface area contributed by atoms with Crippen LogP contribution in [0, 0.1) is 0 Å². The van der Waals surface area contributed by atoms with Crippen LogP contribution < -0.4 is 5.32 Å². The van der Waals surface area contributed by atoms with Gasteiger partial charge >= 0.3 is 0 Å². The topological polar surface area (TPSA) is 76.1 Å². The number of hydrogen-bond acceptors (Lipinski definition) is 5. The van der Waals surface area contributed by atoms with E-state index in [9.17, 15) is 14.7 Å². The van der Waals surface area contributed by atoms with Gasteiger partial charge in [-0.2, -0.15) is 0 Å². The minimum absolute atomic E-state index is 0.0793. The lowest BCUT2D eigenvalue weighted by Gasteiger charge is -2.33. The molecule has 0 unspecified atom stereocenters. The minimum atomic E-state index is -0.183. The molecule has 1 aromatic rings. The summed E-state index contributed by atoms with van der Waals surface area (Å²) in [7, 11) is 2.09. The first-order chi connectivity index (χ1) is 13.9. The number of amides is 2. The number of likely N-dealkylation sites (N-methyl/N-ethyl adjacent to an activating group) is 1. The smallest absolute Gasteiger partial charge is 0.239 e. The van der Waals surface area contributed by atoms with Crippen molar-refractivity contribution in [3.8, 4) is 5.75 Å². The van der Waals surface area contributed by atoms with Gasteiger partial charge in [-0.05, 0) is 51.4 Å². The van der Waals surface area contributed by atoms with Gasteiger partial charge in [-0.15, -0.1) is 0 Å². The number of nitrogens with zero attached hydrogens (tertiary/aromatic N) is 3. The third kappa shape index (κ3) is 4.90. The molecule has 2 fully saturated rings. The SMILES string of the molecule is CCN(CC)C(=O)CC[C@@H]1CNC(=O)[C@H]2[C@@H](CCN2Cc2ccc(O)cc2)N1C. The monoisotopic (exact) mass is 402 g/mol. The molecule has 29 heavy (non-hydrogen) atoms. The fraction of sp³-hybridized carbons (Fsp3) is 0.636. The van der Waals surface area contributed by atoms with Crippen molar-refractivity contribution in [2.75, 3.05) is 33.2 Å². The molecule has 2 aliphatic rings. The van der Waals surface area contributed by atoms with Gasteiger partial charge in [0.05, 0.1) is 0 Å². The normalized spacial score (nSPS) is 25.3. The lowest BCUT2D eigenvalue weighted by atomic mass is 10.0. The van der Waals surface area contributed by atoms with Crippen molar-refractivity contribution in [1.29, 1.82) is 0 Å².